The molecule has 10 nitrogen and oxygen atoms in total. The third kappa shape index (κ3) is 7.48. The number of benzene rings is 2. The number of aromatic hydroxyl groups is 4. The third-order valence-electron chi connectivity index (χ3n) is 7.87. The first-order valence-electron chi connectivity index (χ1n) is 14.2. The van der Waals surface area contributed by atoms with Crippen LogP contribution in [0.1, 0.15) is 84.2 Å². The highest BCUT2D eigenvalue weighted by Gasteiger charge is 2.30. The Balaban J connectivity index is 1.73. The summed E-state index contributed by atoms with van der Waals surface area (Å²) in [7, 11) is 0. The van der Waals surface area contributed by atoms with Crippen molar-refractivity contribution in [2.45, 2.75) is 77.4 Å². The van der Waals surface area contributed by atoms with Crippen molar-refractivity contribution < 1.29 is 49.1 Å². The van der Waals surface area contributed by atoms with Crippen LogP contribution in [0.25, 0.3) is 0 Å². The number of ketones is 2. The van der Waals surface area contributed by atoms with E-state index in [4.69, 9.17) is 9.47 Å². The number of carbonyl (C=O) groups is 4. The van der Waals surface area contributed by atoms with Crippen LogP contribution in [-0.2, 0) is 31.9 Å². The summed E-state index contributed by atoms with van der Waals surface area (Å²) >= 11 is 0. The molecular weight excluding hydrogens is 544 g/mol. The maximum Gasteiger partial charge on any atom is 0.310 e. The zero-order valence-corrected chi connectivity index (χ0v) is 23.7. The molecule has 0 bridgehead atoms. The summed E-state index contributed by atoms with van der Waals surface area (Å²) in [4.78, 5) is 52.1. The standard InChI is InChI=1S/C32H36O10/c1-17-4-3-5-20(12-26(36)32-22(14-29(39)41-17)11-24(34)16-28(32)38)19-7-6-18(2)42-30(40)13-21-10-23(33)15-27(37)31(21)25(35)9-8-19/h8-11,15-20,33-34,37-38H,3-7,12-14H2,1-2H3. The average molecular weight is 581 g/mol. The number of phenols is 4. The molecule has 0 spiro atoms. The highest BCUT2D eigenvalue weighted by atomic mass is 16.5. The monoisotopic (exact) mass is 580 g/mol. The molecule has 0 fully saturated rings. The van der Waals surface area contributed by atoms with Gasteiger partial charge >= 0.3 is 11.9 Å². The molecule has 4 N–H and O–H groups in total. The summed E-state index contributed by atoms with van der Waals surface area (Å²) in [6.45, 7) is 3.52. The van der Waals surface area contributed by atoms with Gasteiger partial charge in [-0.1, -0.05) is 6.08 Å². The minimum Gasteiger partial charge on any atom is -0.508 e. The fraction of sp³-hybridized carbons (Fsp3) is 0.438. The number of hydrogen-bond acceptors (Lipinski definition) is 10. The van der Waals surface area contributed by atoms with E-state index in [-0.39, 0.29) is 64.9 Å². The molecule has 0 amide bonds. The molecule has 4 atom stereocenters. The number of ether oxygens (including phenoxy) is 2. The minimum absolute atomic E-state index is 0.0121. The Labute approximate surface area is 243 Å². The van der Waals surface area contributed by atoms with Gasteiger partial charge in [0, 0.05) is 18.6 Å². The van der Waals surface area contributed by atoms with Gasteiger partial charge in [-0.2, -0.15) is 0 Å². The van der Waals surface area contributed by atoms with E-state index in [1.807, 2.05) is 0 Å². The Morgan fingerprint density at radius 3 is 1.86 bits per heavy atom. The Bertz CT molecular complexity index is 1410. The number of phenolic OH excluding ortho intramolecular Hbond substituents is 4. The molecule has 0 radical (unpaired) electrons. The largest absolute Gasteiger partial charge is 0.508 e. The first kappa shape index (κ1) is 30.6. The van der Waals surface area contributed by atoms with E-state index in [0.29, 0.717) is 32.1 Å². The number of Topliss-reactive ketones (excluding diaryl/α,β-unsaturated/α-hetero) is 1. The van der Waals surface area contributed by atoms with E-state index < -0.39 is 47.2 Å². The van der Waals surface area contributed by atoms with Gasteiger partial charge in [0.2, 0.25) is 0 Å². The molecule has 2 aliphatic rings. The van der Waals surface area contributed by atoms with Gasteiger partial charge in [-0.05, 0) is 87.1 Å². The van der Waals surface area contributed by atoms with Crippen molar-refractivity contribution in [1.29, 1.82) is 0 Å². The van der Waals surface area contributed by atoms with Gasteiger partial charge in [0.05, 0.1) is 36.2 Å². The summed E-state index contributed by atoms with van der Waals surface area (Å²) in [5.41, 5.74) is 0.125. The highest BCUT2D eigenvalue weighted by Crippen LogP contribution is 2.36. The molecule has 42 heavy (non-hydrogen) atoms. The van der Waals surface area contributed by atoms with E-state index in [0.717, 1.165) is 12.1 Å². The van der Waals surface area contributed by atoms with Crippen LogP contribution in [0.2, 0.25) is 0 Å². The number of rotatable bonds is 1. The number of fused-ring (bicyclic) bond motifs is 2. The fourth-order valence-corrected chi connectivity index (χ4v) is 5.87. The van der Waals surface area contributed by atoms with Crippen molar-refractivity contribution >= 4 is 23.5 Å². The quantitative estimate of drug-likeness (QED) is 0.348. The van der Waals surface area contributed by atoms with E-state index >= 15 is 0 Å². The number of carbonyl (C=O) groups excluding carboxylic acids is 4. The van der Waals surface area contributed by atoms with Crippen LogP contribution < -0.4 is 0 Å². The van der Waals surface area contributed by atoms with Crippen molar-refractivity contribution in [3.8, 4) is 23.0 Å². The Hall–Kier alpha value is -4.34. The fourth-order valence-electron chi connectivity index (χ4n) is 5.87. The smallest absolute Gasteiger partial charge is 0.310 e. The second-order valence-corrected chi connectivity index (χ2v) is 11.2. The molecule has 0 aliphatic carbocycles. The first-order valence-corrected chi connectivity index (χ1v) is 14.2. The molecular formula is C32H36O10. The Morgan fingerprint density at radius 1 is 0.690 bits per heavy atom. The van der Waals surface area contributed by atoms with Crippen LogP contribution in [0.3, 0.4) is 0 Å². The molecule has 2 aromatic rings. The molecule has 4 unspecified atom stereocenters. The molecule has 2 aliphatic heterocycles. The topological polar surface area (TPSA) is 168 Å². The molecule has 0 saturated carbocycles. The average Bonchev–Trinajstić information content (AvgIpc) is 2.85. The van der Waals surface area contributed by atoms with E-state index in [2.05, 4.69) is 0 Å². The lowest BCUT2D eigenvalue weighted by Crippen LogP contribution is -2.24. The van der Waals surface area contributed by atoms with Gasteiger partial charge < -0.3 is 29.9 Å². The van der Waals surface area contributed by atoms with Gasteiger partial charge in [0.15, 0.2) is 11.6 Å². The van der Waals surface area contributed by atoms with Crippen LogP contribution in [0.5, 0.6) is 23.0 Å². The van der Waals surface area contributed by atoms with Crippen LogP contribution in [0.4, 0.5) is 0 Å². The molecule has 0 aromatic heterocycles. The summed E-state index contributed by atoms with van der Waals surface area (Å²) < 4.78 is 11.0. The van der Waals surface area contributed by atoms with E-state index in [1.54, 1.807) is 19.9 Å². The van der Waals surface area contributed by atoms with E-state index in [1.165, 1.54) is 18.2 Å². The van der Waals surface area contributed by atoms with Crippen LogP contribution >= 0.6 is 0 Å². The lowest BCUT2D eigenvalue weighted by molar-refractivity contribution is -0.148. The number of hydrogen-bond donors (Lipinski definition) is 4. The van der Waals surface area contributed by atoms with Crippen LogP contribution in [0.15, 0.2) is 36.4 Å². The lowest BCUT2D eigenvalue weighted by Gasteiger charge is -2.27. The molecule has 2 heterocycles. The number of cyclic esters (lactones) is 2. The van der Waals surface area contributed by atoms with Gasteiger partial charge in [0.1, 0.15) is 23.0 Å². The molecule has 4 rings (SSSR count). The third-order valence-corrected chi connectivity index (χ3v) is 7.87. The van der Waals surface area contributed by atoms with E-state index in [9.17, 15) is 39.6 Å². The van der Waals surface area contributed by atoms with Gasteiger partial charge in [-0.25, -0.2) is 0 Å². The molecule has 2 aromatic carbocycles. The predicted octanol–water partition coefficient (Wildman–Crippen LogP) is 4.68. The maximum absolute atomic E-state index is 13.7. The second kappa shape index (κ2) is 13.1. The van der Waals surface area contributed by atoms with Crippen LogP contribution in [0, 0.1) is 11.8 Å². The lowest BCUT2D eigenvalue weighted by atomic mass is 9.78. The Kier molecular flexibility index (Phi) is 9.55. The maximum atomic E-state index is 13.7. The van der Waals surface area contributed by atoms with Crippen molar-refractivity contribution in [2.24, 2.45) is 11.8 Å². The SMILES string of the molecule is CC1CCC(C2CCCC(C)OC(=O)Cc3cc(O)cc(O)c3C(=O)C2)C=CC(=O)c2c(O)cc(O)cc2CC(=O)O1. The van der Waals surface area contributed by atoms with Crippen molar-refractivity contribution in [1.82, 2.24) is 0 Å². The normalized spacial score (nSPS) is 24.5. The summed E-state index contributed by atoms with van der Waals surface area (Å²) in [6.07, 6.45) is 4.17. The van der Waals surface area contributed by atoms with Gasteiger partial charge in [0.25, 0.3) is 0 Å². The van der Waals surface area contributed by atoms with Crippen molar-refractivity contribution in [2.75, 3.05) is 0 Å². The van der Waals surface area contributed by atoms with Crippen molar-refractivity contribution in [3.05, 3.63) is 58.7 Å². The zero-order chi connectivity index (χ0) is 30.6. The predicted molar refractivity (Wildman–Crippen MR) is 151 cm³/mol. The Morgan fingerprint density at radius 2 is 1.24 bits per heavy atom. The molecule has 10 heteroatoms. The highest BCUT2D eigenvalue weighted by molar-refractivity contribution is 6.08. The summed E-state index contributed by atoms with van der Waals surface area (Å²) in [5, 5.41) is 41.1. The van der Waals surface area contributed by atoms with Crippen LogP contribution in [-0.4, -0.2) is 56.1 Å². The number of esters is 2. The second-order valence-electron chi connectivity index (χ2n) is 11.2. The summed E-state index contributed by atoms with van der Waals surface area (Å²) in [6, 6.07) is 4.60. The zero-order valence-electron chi connectivity index (χ0n) is 23.7. The van der Waals surface area contributed by atoms with Gasteiger partial charge in [-0.15, -0.1) is 0 Å². The van der Waals surface area contributed by atoms with Gasteiger partial charge in [-0.3, -0.25) is 19.2 Å². The number of allylic oxidation sites excluding steroid dienone is 2. The molecule has 0 saturated heterocycles. The molecule has 224 valence electrons. The minimum atomic E-state index is -0.609. The summed E-state index contributed by atoms with van der Waals surface area (Å²) in [5.74, 6) is -4.27. The first-order chi connectivity index (χ1) is 19.9. The van der Waals surface area contributed by atoms with Crippen molar-refractivity contribution in [3.63, 3.8) is 0 Å².